The van der Waals surface area contributed by atoms with E-state index in [1.165, 1.54) is 0 Å². The Hall–Kier alpha value is -0.300. The second kappa shape index (κ2) is 6.81. The lowest BCUT2D eigenvalue weighted by atomic mass is 10.2. The van der Waals surface area contributed by atoms with Crippen molar-refractivity contribution in [1.82, 2.24) is 0 Å². The van der Waals surface area contributed by atoms with Crippen LogP contribution in [0.1, 0.15) is 39.5 Å². The normalized spacial score (nSPS) is 14.3. The van der Waals surface area contributed by atoms with Gasteiger partial charge in [-0.25, -0.2) is 0 Å². The summed E-state index contributed by atoms with van der Waals surface area (Å²) in [5.41, 5.74) is 0. The van der Waals surface area contributed by atoms with Gasteiger partial charge in [-0.3, -0.25) is 0 Å². The van der Waals surface area contributed by atoms with E-state index >= 15 is 0 Å². The lowest BCUT2D eigenvalue weighted by Crippen LogP contribution is -1.99. The third-order valence-corrected chi connectivity index (χ3v) is 1.40. The monoisotopic (exact) mass is 142 g/mol. The van der Waals surface area contributed by atoms with E-state index in [9.17, 15) is 5.11 Å². The fourth-order valence-corrected chi connectivity index (χ4v) is 0.812. The van der Waals surface area contributed by atoms with Crippen molar-refractivity contribution in [2.45, 2.75) is 45.6 Å². The highest BCUT2D eigenvalue weighted by atomic mass is 16.3. The van der Waals surface area contributed by atoms with Crippen molar-refractivity contribution in [3.05, 3.63) is 12.2 Å². The fourth-order valence-electron chi connectivity index (χ4n) is 0.812. The maximum absolute atomic E-state index is 9.19. The lowest BCUT2D eigenvalue weighted by Gasteiger charge is -2.00. The second-order valence-electron chi connectivity index (χ2n) is 2.57. The first kappa shape index (κ1) is 9.70. The Balaban J connectivity index is 3.26. The number of rotatable bonds is 5. The molecular formula is C9H18O. The number of allylic oxidation sites excluding steroid dienone is 1. The third kappa shape index (κ3) is 5.83. The standard InChI is InChI=1S/C9H18O/c1-3-5-6-8-9(10)7-4-2/h6,8-10H,3-5,7H2,1-2H3. The van der Waals surface area contributed by atoms with E-state index in [1.54, 1.807) is 0 Å². The van der Waals surface area contributed by atoms with Crippen LogP contribution in [0.3, 0.4) is 0 Å². The highest BCUT2D eigenvalue weighted by Gasteiger charge is 1.93. The molecule has 0 aromatic carbocycles. The van der Waals surface area contributed by atoms with Crippen LogP contribution in [0.5, 0.6) is 0 Å². The van der Waals surface area contributed by atoms with Crippen LogP contribution in [0.2, 0.25) is 0 Å². The molecule has 0 radical (unpaired) electrons. The summed E-state index contributed by atoms with van der Waals surface area (Å²) in [6.07, 6.45) is 7.93. The van der Waals surface area contributed by atoms with Crippen molar-refractivity contribution in [2.75, 3.05) is 0 Å². The summed E-state index contributed by atoms with van der Waals surface area (Å²) < 4.78 is 0. The SMILES string of the molecule is CCCC=CC(O)CCC. The molecule has 0 saturated heterocycles. The van der Waals surface area contributed by atoms with Crippen LogP contribution in [-0.4, -0.2) is 11.2 Å². The molecule has 0 rings (SSSR count). The van der Waals surface area contributed by atoms with Crippen LogP contribution < -0.4 is 0 Å². The summed E-state index contributed by atoms with van der Waals surface area (Å²) in [6.45, 7) is 4.22. The van der Waals surface area contributed by atoms with Crippen molar-refractivity contribution >= 4 is 0 Å². The predicted molar refractivity (Wildman–Crippen MR) is 45.0 cm³/mol. The molecule has 1 heteroatoms. The van der Waals surface area contributed by atoms with Gasteiger partial charge in [-0.15, -0.1) is 0 Å². The minimum absolute atomic E-state index is 0.212. The van der Waals surface area contributed by atoms with Gasteiger partial charge in [0.25, 0.3) is 0 Å². The molecule has 1 nitrogen and oxygen atoms in total. The number of hydrogen-bond acceptors (Lipinski definition) is 1. The van der Waals surface area contributed by atoms with Crippen molar-refractivity contribution in [1.29, 1.82) is 0 Å². The highest BCUT2D eigenvalue weighted by molar-refractivity contribution is 4.87. The summed E-state index contributed by atoms with van der Waals surface area (Å²) in [7, 11) is 0. The van der Waals surface area contributed by atoms with Crippen molar-refractivity contribution < 1.29 is 5.11 Å². The molecular weight excluding hydrogens is 124 g/mol. The Morgan fingerprint density at radius 3 is 2.50 bits per heavy atom. The van der Waals surface area contributed by atoms with Gasteiger partial charge in [-0.1, -0.05) is 38.8 Å². The smallest absolute Gasteiger partial charge is 0.0720 e. The second-order valence-corrected chi connectivity index (χ2v) is 2.57. The van der Waals surface area contributed by atoms with Crippen LogP contribution in [0.25, 0.3) is 0 Å². The first-order valence-electron chi connectivity index (χ1n) is 4.16. The molecule has 1 unspecified atom stereocenters. The van der Waals surface area contributed by atoms with Gasteiger partial charge in [-0.05, 0) is 12.8 Å². The van der Waals surface area contributed by atoms with Crippen LogP contribution in [0.15, 0.2) is 12.2 Å². The van der Waals surface area contributed by atoms with E-state index < -0.39 is 0 Å². The molecule has 0 aliphatic carbocycles. The molecule has 10 heavy (non-hydrogen) atoms. The van der Waals surface area contributed by atoms with Crippen LogP contribution in [0, 0.1) is 0 Å². The van der Waals surface area contributed by atoms with Crippen LogP contribution in [0.4, 0.5) is 0 Å². The van der Waals surface area contributed by atoms with Crippen molar-refractivity contribution in [3.63, 3.8) is 0 Å². The van der Waals surface area contributed by atoms with Gasteiger partial charge >= 0.3 is 0 Å². The number of unbranched alkanes of at least 4 members (excludes halogenated alkanes) is 1. The maximum atomic E-state index is 9.19. The number of hydrogen-bond donors (Lipinski definition) is 1. The van der Waals surface area contributed by atoms with Gasteiger partial charge in [0, 0.05) is 0 Å². The van der Waals surface area contributed by atoms with E-state index in [-0.39, 0.29) is 6.10 Å². The van der Waals surface area contributed by atoms with Gasteiger partial charge in [-0.2, -0.15) is 0 Å². The zero-order chi connectivity index (χ0) is 7.82. The molecule has 0 saturated carbocycles. The molecule has 1 N–H and O–H groups in total. The van der Waals surface area contributed by atoms with Gasteiger partial charge in [0.15, 0.2) is 0 Å². The van der Waals surface area contributed by atoms with Crippen molar-refractivity contribution in [3.8, 4) is 0 Å². The molecule has 0 amide bonds. The van der Waals surface area contributed by atoms with E-state index in [4.69, 9.17) is 0 Å². The van der Waals surface area contributed by atoms with E-state index in [2.05, 4.69) is 19.9 Å². The largest absolute Gasteiger partial charge is 0.389 e. The Bertz CT molecular complexity index is 86.7. The molecule has 0 aliphatic rings. The van der Waals surface area contributed by atoms with E-state index in [1.807, 2.05) is 6.08 Å². The molecule has 60 valence electrons. The van der Waals surface area contributed by atoms with Crippen LogP contribution >= 0.6 is 0 Å². The zero-order valence-corrected chi connectivity index (χ0v) is 7.01. The third-order valence-electron chi connectivity index (χ3n) is 1.40. The van der Waals surface area contributed by atoms with E-state index in [0.29, 0.717) is 0 Å². The minimum atomic E-state index is -0.212. The lowest BCUT2D eigenvalue weighted by molar-refractivity contribution is 0.211. The average molecular weight is 142 g/mol. The molecule has 0 aromatic rings. The fraction of sp³-hybridized carbons (Fsp3) is 0.778. The minimum Gasteiger partial charge on any atom is -0.389 e. The topological polar surface area (TPSA) is 20.2 Å². The Morgan fingerprint density at radius 1 is 1.30 bits per heavy atom. The molecule has 1 atom stereocenters. The molecule has 0 aliphatic heterocycles. The predicted octanol–water partition coefficient (Wildman–Crippen LogP) is 2.50. The Morgan fingerprint density at radius 2 is 2.00 bits per heavy atom. The first-order valence-corrected chi connectivity index (χ1v) is 4.16. The molecule has 0 heterocycles. The molecule has 0 aromatic heterocycles. The maximum Gasteiger partial charge on any atom is 0.0720 e. The number of aliphatic hydroxyl groups is 1. The highest BCUT2D eigenvalue weighted by Crippen LogP contribution is 1.98. The molecule has 0 fully saturated rings. The Kier molecular flexibility index (Phi) is 6.61. The average Bonchev–Trinajstić information content (AvgIpc) is 1.89. The van der Waals surface area contributed by atoms with Gasteiger partial charge < -0.3 is 5.11 Å². The quantitative estimate of drug-likeness (QED) is 0.585. The zero-order valence-electron chi connectivity index (χ0n) is 7.01. The summed E-state index contributed by atoms with van der Waals surface area (Å²) in [6, 6.07) is 0. The number of aliphatic hydroxyl groups excluding tert-OH is 1. The summed E-state index contributed by atoms with van der Waals surface area (Å²) in [4.78, 5) is 0. The molecule has 0 spiro atoms. The summed E-state index contributed by atoms with van der Waals surface area (Å²) in [5.74, 6) is 0. The van der Waals surface area contributed by atoms with Gasteiger partial charge in [0.1, 0.15) is 0 Å². The van der Waals surface area contributed by atoms with E-state index in [0.717, 1.165) is 25.7 Å². The summed E-state index contributed by atoms with van der Waals surface area (Å²) in [5, 5.41) is 9.19. The van der Waals surface area contributed by atoms with Crippen molar-refractivity contribution in [2.24, 2.45) is 0 Å². The van der Waals surface area contributed by atoms with Gasteiger partial charge in [0.05, 0.1) is 6.10 Å². The first-order chi connectivity index (χ1) is 4.81. The Labute approximate surface area is 63.8 Å². The van der Waals surface area contributed by atoms with Crippen LogP contribution in [-0.2, 0) is 0 Å². The molecule has 0 bridgehead atoms. The summed E-state index contributed by atoms with van der Waals surface area (Å²) >= 11 is 0. The van der Waals surface area contributed by atoms with Gasteiger partial charge in [0.2, 0.25) is 0 Å².